The van der Waals surface area contributed by atoms with Gasteiger partial charge in [-0.2, -0.15) is 0 Å². The van der Waals surface area contributed by atoms with Gasteiger partial charge in [0, 0.05) is 10.7 Å². The van der Waals surface area contributed by atoms with Crippen molar-refractivity contribution >= 4 is 39.1 Å². The second-order valence-electron chi connectivity index (χ2n) is 2.57. The van der Waals surface area contributed by atoms with E-state index in [-0.39, 0.29) is 17.6 Å². The van der Waals surface area contributed by atoms with Gasteiger partial charge in [-0.25, -0.2) is 4.98 Å². The molecule has 0 saturated carbocycles. The highest BCUT2D eigenvalue weighted by Gasteiger charge is 2.05. The van der Waals surface area contributed by atoms with Crippen LogP contribution in [-0.4, -0.2) is 24.5 Å². The van der Waals surface area contributed by atoms with Gasteiger partial charge in [0.05, 0.1) is 12.2 Å². The molecular weight excluding hydrogens is 269 g/mol. The summed E-state index contributed by atoms with van der Waals surface area (Å²) in [6.45, 7) is 0.239. The van der Waals surface area contributed by atoms with Crippen molar-refractivity contribution < 1.29 is 4.79 Å². The largest absolute Gasteiger partial charge is 0.322 e. The summed E-state index contributed by atoms with van der Waals surface area (Å²) in [6, 6.07) is 1.70. The number of likely N-dealkylation sites (N-methyl/N-ethyl adjacent to an activating group) is 1. The van der Waals surface area contributed by atoms with Gasteiger partial charge < -0.3 is 10.6 Å². The van der Waals surface area contributed by atoms with Crippen LogP contribution in [0.1, 0.15) is 0 Å². The van der Waals surface area contributed by atoms with Crippen LogP contribution in [0.15, 0.2) is 16.7 Å². The molecule has 1 aromatic heterocycles. The lowest BCUT2D eigenvalue weighted by Gasteiger charge is -2.06. The molecule has 0 aromatic carbocycles. The summed E-state index contributed by atoms with van der Waals surface area (Å²) in [7, 11) is 1.69. The van der Waals surface area contributed by atoms with Gasteiger partial charge in [0.15, 0.2) is 5.15 Å². The summed E-state index contributed by atoms with van der Waals surface area (Å²) in [5, 5.41) is 5.64. The molecule has 6 heteroatoms. The zero-order valence-electron chi connectivity index (χ0n) is 7.47. The van der Waals surface area contributed by atoms with Gasteiger partial charge in [-0.3, -0.25) is 4.79 Å². The van der Waals surface area contributed by atoms with E-state index in [4.69, 9.17) is 11.6 Å². The molecule has 0 fully saturated rings. The fourth-order valence-corrected chi connectivity index (χ4v) is 1.35. The number of hydrogen-bond donors (Lipinski definition) is 2. The molecule has 0 aliphatic carbocycles. The number of hydrogen-bond acceptors (Lipinski definition) is 3. The average Bonchev–Trinajstić information content (AvgIpc) is 2.12. The van der Waals surface area contributed by atoms with Crippen LogP contribution < -0.4 is 10.6 Å². The van der Waals surface area contributed by atoms with Crippen molar-refractivity contribution in [2.24, 2.45) is 0 Å². The number of carbonyl (C=O) groups excluding carboxylic acids is 1. The van der Waals surface area contributed by atoms with E-state index in [9.17, 15) is 4.79 Å². The quantitative estimate of drug-likeness (QED) is 0.827. The minimum atomic E-state index is -0.158. The van der Waals surface area contributed by atoms with Crippen LogP contribution in [0, 0.1) is 0 Å². The number of nitrogens with zero attached hydrogens (tertiary/aromatic N) is 1. The molecule has 2 N–H and O–H groups in total. The number of aromatic nitrogens is 1. The van der Waals surface area contributed by atoms with E-state index in [2.05, 4.69) is 31.5 Å². The molecule has 0 atom stereocenters. The second-order valence-corrected chi connectivity index (χ2v) is 3.84. The fraction of sp³-hybridized carbons (Fsp3) is 0.250. The smallest absolute Gasteiger partial charge is 0.238 e. The van der Waals surface area contributed by atoms with E-state index < -0.39 is 0 Å². The Balaban J connectivity index is 2.75. The van der Waals surface area contributed by atoms with Crippen molar-refractivity contribution in [3.8, 4) is 0 Å². The lowest BCUT2D eigenvalue weighted by atomic mass is 10.4. The van der Waals surface area contributed by atoms with Crippen molar-refractivity contribution in [1.82, 2.24) is 10.3 Å². The van der Waals surface area contributed by atoms with E-state index in [1.54, 1.807) is 19.3 Å². The predicted octanol–water partition coefficient (Wildman–Crippen LogP) is 1.66. The van der Waals surface area contributed by atoms with Gasteiger partial charge in [0.25, 0.3) is 0 Å². The zero-order chi connectivity index (χ0) is 10.6. The molecule has 76 valence electrons. The van der Waals surface area contributed by atoms with Gasteiger partial charge in [-0.05, 0) is 29.0 Å². The van der Waals surface area contributed by atoms with Crippen LogP contribution in [0.3, 0.4) is 0 Å². The molecule has 0 aliphatic heterocycles. The fourth-order valence-electron chi connectivity index (χ4n) is 0.865. The normalized spacial score (nSPS) is 9.93. The Hall–Kier alpha value is -0.650. The number of carbonyl (C=O) groups is 1. The van der Waals surface area contributed by atoms with E-state index in [1.807, 2.05) is 0 Å². The molecule has 0 aliphatic rings. The van der Waals surface area contributed by atoms with Gasteiger partial charge >= 0.3 is 0 Å². The first-order valence-electron chi connectivity index (χ1n) is 3.89. The van der Waals surface area contributed by atoms with E-state index in [0.29, 0.717) is 5.69 Å². The number of nitrogens with one attached hydrogen (secondary N) is 2. The molecule has 1 aromatic rings. The minimum Gasteiger partial charge on any atom is -0.322 e. The minimum absolute atomic E-state index is 0.158. The van der Waals surface area contributed by atoms with Crippen LogP contribution in [0.5, 0.6) is 0 Å². The summed E-state index contributed by atoms with van der Waals surface area (Å²) < 4.78 is 0.765. The summed E-state index contributed by atoms with van der Waals surface area (Å²) in [5.74, 6) is -0.158. The highest BCUT2D eigenvalue weighted by Crippen LogP contribution is 2.22. The molecule has 14 heavy (non-hydrogen) atoms. The third-order valence-electron chi connectivity index (χ3n) is 1.42. The van der Waals surface area contributed by atoms with Gasteiger partial charge in [0.2, 0.25) is 5.91 Å². The molecule has 1 amide bonds. The third-order valence-corrected chi connectivity index (χ3v) is 2.15. The monoisotopic (exact) mass is 277 g/mol. The highest BCUT2D eigenvalue weighted by atomic mass is 79.9. The average molecular weight is 279 g/mol. The number of amides is 1. The Morgan fingerprint density at radius 2 is 2.43 bits per heavy atom. The number of rotatable bonds is 3. The molecule has 0 radical (unpaired) electrons. The zero-order valence-corrected chi connectivity index (χ0v) is 9.82. The van der Waals surface area contributed by atoms with Crippen LogP contribution >= 0.6 is 27.5 Å². The van der Waals surface area contributed by atoms with Crippen molar-refractivity contribution in [1.29, 1.82) is 0 Å². The first-order chi connectivity index (χ1) is 6.63. The SMILES string of the molecule is CNCC(=O)Nc1cc(Br)cnc1Cl. The van der Waals surface area contributed by atoms with Gasteiger partial charge in [0.1, 0.15) is 0 Å². The number of pyridine rings is 1. The molecule has 1 heterocycles. The van der Waals surface area contributed by atoms with E-state index >= 15 is 0 Å². The standard InChI is InChI=1S/C8H9BrClN3O/c1-11-4-7(14)13-6-2-5(9)3-12-8(6)10/h2-3,11H,4H2,1H3,(H,13,14). The molecule has 1 rings (SSSR count). The Morgan fingerprint density at radius 1 is 1.71 bits per heavy atom. The maximum Gasteiger partial charge on any atom is 0.238 e. The highest BCUT2D eigenvalue weighted by molar-refractivity contribution is 9.10. The summed E-state index contributed by atoms with van der Waals surface area (Å²) in [6.07, 6.45) is 1.57. The molecule has 0 bridgehead atoms. The van der Waals surface area contributed by atoms with Crippen molar-refractivity contribution in [3.63, 3.8) is 0 Å². The molecule has 0 spiro atoms. The summed E-state index contributed by atoms with van der Waals surface area (Å²) in [4.78, 5) is 15.1. The number of anilines is 1. The number of halogens is 2. The van der Waals surface area contributed by atoms with Crippen LogP contribution in [0.4, 0.5) is 5.69 Å². The lowest BCUT2D eigenvalue weighted by Crippen LogP contribution is -2.25. The van der Waals surface area contributed by atoms with Gasteiger partial charge in [-0.1, -0.05) is 11.6 Å². The van der Waals surface area contributed by atoms with Crippen LogP contribution in [0.25, 0.3) is 0 Å². The predicted molar refractivity (Wildman–Crippen MR) is 59.5 cm³/mol. The van der Waals surface area contributed by atoms with Gasteiger partial charge in [-0.15, -0.1) is 0 Å². The summed E-state index contributed by atoms with van der Waals surface area (Å²) >= 11 is 9.01. The third kappa shape index (κ3) is 3.25. The maximum absolute atomic E-state index is 11.2. The van der Waals surface area contributed by atoms with Crippen molar-refractivity contribution in [3.05, 3.63) is 21.9 Å². The lowest BCUT2D eigenvalue weighted by molar-refractivity contribution is -0.115. The van der Waals surface area contributed by atoms with Crippen LogP contribution in [0.2, 0.25) is 5.15 Å². The Kier molecular flexibility index (Phi) is 4.31. The maximum atomic E-state index is 11.2. The molecular formula is C8H9BrClN3O. The first-order valence-corrected chi connectivity index (χ1v) is 5.06. The van der Waals surface area contributed by atoms with Crippen molar-refractivity contribution in [2.75, 3.05) is 18.9 Å². The Bertz CT molecular complexity index is 345. The Morgan fingerprint density at radius 3 is 3.07 bits per heavy atom. The van der Waals surface area contributed by atoms with Crippen LogP contribution in [-0.2, 0) is 4.79 Å². The first kappa shape index (κ1) is 11.4. The Labute approximate surface area is 95.2 Å². The van der Waals surface area contributed by atoms with E-state index in [0.717, 1.165) is 4.47 Å². The van der Waals surface area contributed by atoms with E-state index in [1.165, 1.54) is 0 Å². The molecule has 0 saturated heterocycles. The summed E-state index contributed by atoms with van der Waals surface area (Å²) in [5.41, 5.74) is 0.501. The molecule has 4 nitrogen and oxygen atoms in total. The topological polar surface area (TPSA) is 54.0 Å². The van der Waals surface area contributed by atoms with Crippen molar-refractivity contribution in [2.45, 2.75) is 0 Å². The second kappa shape index (κ2) is 5.29. The molecule has 0 unspecified atom stereocenters.